The molecule has 0 heterocycles. The highest BCUT2D eigenvalue weighted by molar-refractivity contribution is 7.33. The lowest BCUT2D eigenvalue weighted by molar-refractivity contribution is -0.138. The summed E-state index contributed by atoms with van der Waals surface area (Å²) in [5, 5.41) is 9.05. The van der Waals surface area contributed by atoms with Crippen LogP contribution < -0.4 is 4.52 Å². The van der Waals surface area contributed by atoms with Crippen molar-refractivity contribution in [2.45, 2.75) is 39.5 Å². The van der Waals surface area contributed by atoms with Crippen LogP contribution in [0.3, 0.4) is 0 Å². The molecule has 0 saturated heterocycles. The van der Waals surface area contributed by atoms with Gasteiger partial charge in [0.1, 0.15) is 0 Å². The van der Waals surface area contributed by atoms with Crippen molar-refractivity contribution in [1.82, 2.24) is 0 Å². The monoisotopic (exact) mass is 299 g/mol. The number of benzene rings is 1. The highest BCUT2D eigenvalue weighted by atomic mass is 31.1. The minimum absolute atomic E-state index is 0.0446. The van der Waals surface area contributed by atoms with Crippen molar-refractivity contribution >= 4 is 14.2 Å². The van der Waals surface area contributed by atoms with Crippen molar-refractivity contribution in [3.8, 4) is 5.75 Å². The molecular weight excluding hydrogens is 279 g/mol. The first kappa shape index (κ1) is 16.6. The molecule has 1 atom stereocenters. The average molecular weight is 299 g/mol. The summed E-state index contributed by atoms with van der Waals surface area (Å²) in [6, 6.07) is 3.70. The third kappa shape index (κ3) is 4.02. The quantitative estimate of drug-likeness (QED) is 0.810. The van der Waals surface area contributed by atoms with E-state index in [4.69, 9.17) is 9.63 Å². The summed E-state index contributed by atoms with van der Waals surface area (Å²) in [4.78, 5) is 11.0. The molecule has 1 N–H and O–H groups in total. The highest BCUT2D eigenvalue weighted by Crippen LogP contribution is 2.41. The fraction of sp³-hybridized carbons (Fsp3) is 0.500. The Morgan fingerprint density at radius 2 is 1.95 bits per heavy atom. The first-order chi connectivity index (χ1) is 9.17. The second kappa shape index (κ2) is 6.33. The summed E-state index contributed by atoms with van der Waals surface area (Å²) >= 11 is 0. The molecule has 0 fully saturated rings. The fourth-order valence-corrected chi connectivity index (χ4v) is 2.83. The number of aliphatic carboxylic acids is 1. The van der Waals surface area contributed by atoms with Crippen LogP contribution in [0.4, 0.5) is 0 Å². The van der Waals surface area contributed by atoms with Crippen molar-refractivity contribution in [2.75, 3.05) is 7.11 Å². The summed E-state index contributed by atoms with van der Waals surface area (Å²) in [5.74, 6) is -0.478. The van der Waals surface area contributed by atoms with E-state index in [0.29, 0.717) is 5.75 Å². The predicted molar refractivity (Wildman–Crippen MR) is 76.4 cm³/mol. The minimum Gasteiger partial charge on any atom is -0.481 e. The first-order valence-corrected chi connectivity index (χ1v) is 7.30. The molecule has 5 nitrogen and oxygen atoms in total. The maximum atomic E-state index is 11.5. The molecule has 1 rings (SSSR count). The zero-order valence-corrected chi connectivity index (χ0v) is 13.3. The van der Waals surface area contributed by atoms with Crippen LogP contribution in [-0.2, 0) is 19.3 Å². The molecule has 6 heteroatoms. The maximum Gasteiger partial charge on any atom is 0.749 e. The highest BCUT2D eigenvalue weighted by Gasteiger charge is 2.33. The molecule has 0 aliphatic heterocycles. The van der Waals surface area contributed by atoms with Crippen molar-refractivity contribution in [2.24, 2.45) is 0 Å². The van der Waals surface area contributed by atoms with Gasteiger partial charge in [-0.25, -0.2) is 4.52 Å². The Labute approximate surface area is 119 Å². The molecule has 110 valence electrons. The lowest BCUT2D eigenvalue weighted by atomic mass is 9.78. The number of aryl methyl sites for hydroxylation is 2. The number of carbonyl (C=O) groups is 1. The summed E-state index contributed by atoms with van der Waals surface area (Å²) in [6.07, 6.45) is -0.0446. The third-order valence-corrected chi connectivity index (χ3v) is 3.68. The van der Waals surface area contributed by atoms with Gasteiger partial charge in [-0.15, -0.1) is 4.52 Å². The van der Waals surface area contributed by atoms with E-state index in [-0.39, 0.29) is 6.42 Å². The summed E-state index contributed by atoms with van der Waals surface area (Å²) in [7, 11) is -0.965. The van der Waals surface area contributed by atoms with Gasteiger partial charge in [0.05, 0.1) is 13.5 Å². The van der Waals surface area contributed by atoms with Gasteiger partial charge in [0.2, 0.25) is 0 Å². The second-order valence-corrected chi connectivity index (χ2v) is 6.40. The molecule has 1 unspecified atom stereocenters. The van der Waals surface area contributed by atoms with E-state index in [2.05, 4.69) is 4.52 Å². The van der Waals surface area contributed by atoms with Gasteiger partial charge in [0, 0.05) is 15.5 Å². The normalized spacial score (nSPS) is 12.2. The molecule has 0 aliphatic carbocycles. The molecule has 1 aromatic carbocycles. The van der Waals surface area contributed by atoms with Crippen LogP contribution in [0, 0.1) is 13.8 Å². The van der Waals surface area contributed by atoms with E-state index in [1.54, 1.807) is 6.07 Å². The Hall–Kier alpha value is -1.45. The molecule has 20 heavy (non-hydrogen) atoms. The second-order valence-electron chi connectivity index (χ2n) is 5.41. The van der Waals surface area contributed by atoms with E-state index in [0.717, 1.165) is 16.7 Å². The summed E-state index contributed by atoms with van der Waals surface area (Å²) in [5.41, 5.74) is 1.96. The zero-order valence-electron chi connectivity index (χ0n) is 12.4. The van der Waals surface area contributed by atoms with Crippen molar-refractivity contribution in [3.05, 3.63) is 28.8 Å². The van der Waals surface area contributed by atoms with Crippen LogP contribution in [0.15, 0.2) is 12.1 Å². The van der Waals surface area contributed by atoms with Gasteiger partial charge in [-0.2, -0.15) is 0 Å². The number of hydrogen-bond acceptors (Lipinski definition) is 4. The molecular formula is C14H20O5P+. The van der Waals surface area contributed by atoms with Gasteiger partial charge >= 0.3 is 14.2 Å². The van der Waals surface area contributed by atoms with E-state index in [1.165, 1.54) is 7.11 Å². The number of carboxylic acid groups (broad SMARTS) is 1. The number of rotatable bonds is 6. The van der Waals surface area contributed by atoms with Gasteiger partial charge in [0.15, 0.2) is 5.75 Å². The van der Waals surface area contributed by atoms with Crippen molar-refractivity contribution < 1.29 is 23.5 Å². The van der Waals surface area contributed by atoms with Gasteiger partial charge < -0.3 is 5.11 Å². The Balaban J connectivity index is 3.35. The molecule has 1 aromatic rings. The topological polar surface area (TPSA) is 72.8 Å². The van der Waals surface area contributed by atoms with E-state index in [1.807, 2.05) is 33.8 Å². The van der Waals surface area contributed by atoms with Crippen molar-refractivity contribution in [1.29, 1.82) is 0 Å². The largest absolute Gasteiger partial charge is 0.749 e. The maximum absolute atomic E-state index is 11.5. The number of hydrogen-bond donors (Lipinski definition) is 1. The smallest absolute Gasteiger partial charge is 0.481 e. The van der Waals surface area contributed by atoms with Crippen LogP contribution >= 0.6 is 8.25 Å². The zero-order chi connectivity index (χ0) is 15.5. The fourth-order valence-electron chi connectivity index (χ4n) is 2.45. The number of carboxylic acids is 1. The predicted octanol–water partition coefficient (Wildman–Crippen LogP) is 3.74. The Morgan fingerprint density at radius 3 is 2.45 bits per heavy atom. The van der Waals surface area contributed by atoms with Crippen molar-refractivity contribution in [3.63, 3.8) is 0 Å². The van der Waals surface area contributed by atoms with Gasteiger partial charge in [-0.3, -0.25) is 4.79 Å². The Bertz CT molecular complexity index is 537. The molecule has 0 aromatic heterocycles. The molecule has 0 aliphatic rings. The van der Waals surface area contributed by atoms with Gasteiger partial charge in [-0.05, 0) is 31.0 Å². The van der Waals surface area contributed by atoms with Gasteiger partial charge in [0.25, 0.3) is 0 Å². The molecule has 0 bridgehead atoms. The molecule has 0 spiro atoms. The molecule has 0 saturated carbocycles. The Morgan fingerprint density at radius 1 is 1.35 bits per heavy atom. The molecule has 0 amide bonds. The van der Waals surface area contributed by atoms with Crippen LogP contribution in [0.25, 0.3) is 0 Å². The third-order valence-electron chi connectivity index (χ3n) is 3.04. The lowest BCUT2D eigenvalue weighted by Crippen LogP contribution is -2.23. The van der Waals surface area contributed by atoms with Crippen LogP contribution in [0.2, 0.25) is 0 Å². The minimum atomic E-state index is -2.26. The van der Waals surface area contributed by atoms with Crippen LogP contribution in [0.5, 0.6) is 5.75 Å². The van der Waals surface area contributed by atoms with Crippen LogP contribution in [0.1, 0.15) is 37.0 Å². The van der Waals surface area contributed by atoms with E-state index >= 15 is 0 Å². The Kier molecular flexibility index (Phi) is 5.26. The SMILES string of the molecule is CO[P+](=O)Oc1cc(C)cc(C)c1C(C)(C)CC(=O)O. The van der Waals surface area contributed by atoms with E-state index < -0.39 is 19.6 Å². The van der Waals surface area contributed by atoms with Gasteiger partial charge in [-0.1, -0.05) is 19.9 Å². The standard InChI is InChI=1S/C14H19O5P/c1-9-6-10(2)13(14(3,4)8-12(15)16)11(7-9)19-20(17)18-5/h6-7H,8H2,1-5H3/p+1. The lowest BCUT2D eigenvalue weighted by Gasteiger charge is -2.26. The molecule has 0 radical (unpaired) electrons. The summed E-state index contributed by atoms with van der Waals surface area (Å²) in [6.45, 7) is 7.43. The van der Waals surface area contributed by atoms with E-state index in [9.17, 15) is 9.36 Å². The average Bonchev–Trinajstić information content (AvgIpc) is 2.25. The van der Waals surface area contributed by atoms with Crippen LogP contribution in [-0.4, -0.2) is 18.2 Å². The first-order valence-electron chi connectivity index (χ1n) is 6.20. The summed E-state index contributed by atoms with van der Waals surface area (Å²) < 4.78 is 21.5.